The summed E-state index contributed by atoms with van der Waals surface area (Å²) in [6, 6.07) is 10.1. The lowest BCUT2D eigenvalue weighted by molar-refractivity contribution is -0.136. The first-order valence-corrected chi connectivity index (χ1v) is 10.8. The highest BCUT2D eigenvalue weighted by molar-refractivity contribution is 6.39. The molecule has 3 amide bonds. The van der Waals surface area contributed by atoms with Crippen LogP contribution in [0.25, 0.3) is 0 Å². The SMILES string of the molecule is O=C(NCC1(c2ccc(F)cc2)CC1)C(=O)Nc1cc2c3c(c1)CCC(=O)N3CCC2. The summed E-state index contributed by atoms with van der Waals surface area (Å²) in [5.74, 6) is -1.53. The molecule has 3 aliphatic rings. The van der Waals surface area contributed by atoms with Crippen LogP contribution in [-0.2, 0) is 32.6 Å². The van der Waals surface area contributed by atoms with E-state index < -0.39 is 11.8 Å². The van der Waals surface area contributed by atoms with Crippen molar-refractivity contribution in [1.29, 1.82) is 0 Å². The minimum Gasteiger partial charge on any atom is -0.347 e. The maximum atomic E-state index is 13.2. The minimum absolute atomic E-state index is 0.153. The molecular weight excluding hydrogens is 397 g/mol. The van der Waals surface area contributed by atoms with Crippen molar-refractivity contribution in [2.75, 3.05) is 23.3 Å². The second-order valence-corrected chi connectivity index (χ2v) is 8.72. The molecule has 31 heavy (non-hydrogen) atoms. The van der Waals surface area contributed by atoms with Crippen LogP contribution in [0.3, 0.4) is 0 Å². The number of rotatable bonds is 4. The Morgan fingerprint density at radius 1 is 1.00 bits per heavy atom. The summed E-state index contributed by atoms with van der Waals surface area (Å²) in [5.41, 5.74) is 4.42. The van der Waals surface area contributed by atoms with Crippen molar-refractivity contribution in [2.24, 2.45) is 0 Å². The monoisotopic (exact) mass is 421 g/mol. The van der Waals surface area contributed by atoms with Crippen LogP contribution in [0.4, 0.5) is 15.8 Å². The lowest BCUT2D eigenvalue weighted by Crippen LogP contribution is -2.40. The highest BCUT2D eigenvalue weighted by Gasteiger charge is 2.44. The quantitative estimate of drug-likeness (QED) is 0.746. The summed E-state index contributed by atoms with van der Waals surface area (Å²) in [6.07, 6.45) is 4.64. The zero-order valence-corrected chi connectivity index (χ0v) is 17.2. The Labute approximate surface area is 179 Å². The third kappa shape index (κ3) is 3.69. The number of benzene rings is 2. The number of nitrogens with one attached hydrogen (secondary N) is 2. The van der Waals surface area contributed by atoms with Crippen LogP contribution in [0.5, 0.6) is 0 Å². The van der Waals surface area contributed by atoms with Crippen LogP contribution in [0.2, 0.25) is 0 Å². The lowest BCUT2D eigenvalue weighted by atomic mass is 9.91. The van der Waals surface area contributed by atoms with Gasteiger partial charge in [0.05, 0.1) is 5.69 Å². The Morgan fingerprint density at radius 3 is 2.42 bits per heavy atom. The van der Waals surface area contributed by atoms with Gasteiger partial charge in [-0.3, -0.25) is 14.4 Å². The van der Waals surface area contributed by atoms with Crippen LogP contribution in [-0.4, -0.2) is 30.8 Å². The average molecular weight is 421 g/mol. The number of hydrogen-bond acceptors (Lipinski definition) is 3. The molecule has 2 N–H and O–H groups in total. The number of hydrogen-bond donors (Lipinski definition) is 2. The maximum Gasteiger partial charge on any atom is 0.313 e. The zero-order chi connectivity index (χ0) is 21.6. The molecule has 0 spiro atoms. The molecule has 0 bridgehead atoms. The molecule has 1 saturated carbocycles. The molecule has 2 aromatic carbocycles. The normalized spacial score (nSPS) is 18.2. The fourth-order valence-corrected chi connectivity index (χ4v) is 4.76. The molecule has 1 fully saturated rings. The summed E-state index contributed by atoms with van der Waals surface area (Å²) in [5, 5.41) is 5.45. The van der Waals surface area contributed by atoms with Crippen molar-refractivity contribution >= 4 is 29.1 Å². The molecule has 2 aromatic rings. The Bertz CT molecular complexity index is 1060. The van der Waals surface area contributed by atoms with Crippen LogP contribution >= 0.6 is 0 Å². The molecular formula is C24H24FN3O3. The van der Waals surface area contributed by atoms with E-state index in [4.69, 9.17) is 0 Å². The average Bonchev–Trinajstić information content (AvgIpc) is 3.56. The summed E-state index contributed by atoms with van der Waals surface area (Å²) in [4.78, 5) is 38.9. The topological polar surface area (TPSA) is 78.5 Å². The molecule has 0 unspecified atom stereocenters. The molecule has 0 radical (unpaired) electrons. The van der Waals surface area contributed by atoms with Gasteiger partial charge in [0, 0.05) is 30.6 Å². The molecule has 0 atom stereocenters. The zero-order valence-electron chi connectivity index (χ0n) is 17.2. The predicted molar refractivity (Wildman–Crippen MR) is 114 cm³/mol. The van der Waals surface area contributed by atoms with Gasteiger partial charge in [0.15, 0.2) is 0 Å². The molecule has 5 rings (SSSR count). The fourth-order valence-electron chi connectivity index (χ4n) is 4.76. The van der Waals surface area contributed by atoms with E-state index in [2.05, 4.69) is 10.6 Å². The lowest BCUT2D eigenvalue weighted by Gasteiger charge is -2.35. The summed E-state index contributed by atoms with van der Waals surface area (Å²) < 4.78 is 13.2. The van der Waals surface area contributed by atoms with E-state index in [-0.39, 0.29) is 17.1 Å². The van der Waals surface area contributed by atoms with Crippen molar-refractivity contribution in [3.8, 4) is 0 Å². The van der Waals surface area contributed by atoms with Crippen molar-refractivity contribution in [1.82, 2.24) is 5.32 Å². The van der Waals surface area contributed by atoms with Crippen LogP contribution < -0.4 is 15.5 Å². The van der Waals surface area contributed by atoms with Gasteiger partial charge in [0.25, 0.3) is 0 Å². The largest absolute Gasteiger partial charge is 0.347 e. The van der Waals surface area contributed by atoms with Gasteiger partial charge < -0.3 is 15.5 Å². The van der Waals surface area contributed by atoms with Gasteiger partial charge in [-0.1, -0.05) is 12.1 Å². The van der Waals surface area contributed by atoms with E-state index >= 15 is 0 Å². The van der Waals surface area contributed by atoms with Gasteiger partial charge in [-0.05, 0) is 73.1 Å². The van der Waals surface area contributed by atoms with E-state index in [9.17, 15) is 18.8 Å². The first-order chi connectivity index (χ1) is 14.9. The van der Waals surface area contributed by atoms with E-state index in [1.165, 1.54) is 12.1 Å². The fraction of sp³-hybridized carbons (Fsp3) is 0.375. The number of amides is 3. The van der Waals surface area contributed by atoms with Crippen LogP contribution in [0, 0.1) is 5.82 Å². The van der Waals surface area contributed by atoms with Crippen molar-refractivity contribution in [3.63, 3.8) is 0 Å². The molecule has 0 aromatic heterocycles. The van der Waals surface area contributed by atoms with E-state index in [1.54, 1.807) is 12.1 Å². The standard InChI is InChI=1S/C24H24FN3O3/c25-18-6-4-17(5-7-18)24(9-10-24)14-26-22(30)23(31)27-19-12-15-2-1-11-28-20(29)8-3-16(13-19)21(15)28/h4-7,12-13H,1-3,8-11,14H2,(H,26,30)(H,27,31). The summed E-state index contributed by atoms with van der Waals surface area (Å²) in [7, 11) is 0. The third-order valence-electron chi connectivity index (χ3n) is 6.64. The van der Waals surface area contributed by atoms with E-state index in [0.29, 0.717) is 25.1 Å². The van der Waals surface area contributed by atoms with Gasteiger partial charge in [-0.25, -0.2) is 4.39 Å². The van der Waals surface area contributed by atoms with E-state index in [1.807, 2.05) is 17.0 Å². The molecule has 6 nitrogen and oxygen atoms in total. The number of aryl methyl sites for hydroxylation is 2. The Balaban J connectivity index is 1.25. The Kier molecular flexibility index (Phi) is 4.76. The number of halogens is 1. The van der Waals surface area contributed by atoms with Crippen LogP contribution in [0.15, 0.2) is 36.4 Å². The van der Waals surface area contributed by atoms with Gasteiger partial charge in [-0.15, -0.1) is 0 Å². The van der Waals surface area contributed by atoms with Gasteiger partial charge >= 0.3 is 11.8 Å². The minimum atomic E-state index is -0.707. The number of carbonyl (C=O) groups is 3. The third-order valence-corrected chi connectivity index (χ3v) is 6.64. The highest BCUT2D eigenvalue weighted by Crippen LogP contribution is 2.47. The molecule has 7 heteroatoms. The van der Waals surface area contributed by atoms with Crippen molar-refractivity contribution in [3.05, 3.63) is 58.9 Å². The maximum absolute atomic E-state index is 13.2. The number of carbonyl (C=O) groups excluding carboxylic acids is 3. The molecule has 0 saturated heterocycles. The first-order valence-electron chi connectivity index (χ1n) is 10.8. The number of nitrogens with zero attached hydrogens (tertiary/aromatic N) is 1. The molecule has 160 valence electrons. The smallest absolute Gasteiger partial charge is 0.313 e. The predicted octanol–water partition coefficient (Wildman–Crippen LogP) is 2.84. The second-order valence-electron chi connectivity index (χ2n) is 8.72. The second kappa shape index (κ2) is 7.48. The summed E-state index contributed by atoms with van der Waals surface area (Å²) in [6.45, 7) is 1.08. The first kappa shape index (κ1) is 19.7. The summed E-state index contributed by atoms with van der Waals surface area (Å²) >= 11 is 0. The van der Waals surface area contributed by atoms with Gasteiger partial charge in [0.2, 0.25) is 5.91 Å². The Hall–Kier alpha value is -3.22. The highest BCUT2D eigenvalue weighted by atomic mass is 19.1. The van der Waals surface area contributed by atoms with Crippen molar-refractivity contribution < 1.29 is 18.8 Å². The number of anilines is 2. The van der Waals surface area contributed by atoms with Gasteiger partial charge in [-0.2, -0.15) is 0 Å². The van der Waals surface area contributed by atoms with E-state index in [0.717, 1.165) is 54.6 Å². The molecule has 1 aliphatic carbocycles. The van der Waals surface area contributed by atoms with Gasteiger partial charge in [0.1, 0.15) is 5.82 Å². The molecule has 2 aliphatic heterocycles. The van der Waals surface area contributed by atoms with Crippen molar-refractivity contribution in [2.45, 2.75) is 43.9 Å². The molecule has 2 heterocycles. The van der Waals surface area contributed by atoms with Crippen LogP contribution in [0.1, 0.15) is 42.4 Å². The Morgan fingerprint density at radius 2 is 1.71 bits per heavy atom.